The Morgan fingerprint density at radius 2 is 1.89 bits per heavy atom. The van der Waals surface area contributed by atoms with Gasteiger partial charge in [0.25, 0.3) is 0 Å². The minimum absolute atomic E-state index is 0.0465. The molecule has 3 nitrogen and oxygen atoms in total. The van der Waals surface area contributed by atoms with Crippen molar-refractivity contribution >= 4 is 21.4 Å². The summed E-state index contributed by atoms with van der Waals surface area (Å²) in [5.74, 6) is -0.0465. The maximum absolute atomic E-state index is 12.3. The van der Waals surface area contributed by atoms with E-state index in [0.29, 0.717) is 5.02 Å². The molecular weight excluding hydrogens is 282 g/mol. The molecule has 0 bridgehead atoms. The zero-order valence-corrected chi connectivity index (χ0v) is 12.3. The molecule has 100 valence electrons. The van der Waals surface area contributed by atoms with Crippen molar-refractivity contribution in [3.05, 3.63) is 58.2 Å². The number of pyridine rings is 1. The van der Waals surface area contributed by atoms with E-state index in [4.69, 9.17) is 11.6 Å². The molecule has 0 saturated heterocycles. The van der Waals surface area contributed by atoms with E-state index in [2.05, 4.69) is 4.98 Å². The van der Waals surface area contributed by atoms with Crippen molar-refractivity contribution in [3.63, 3.8) is 0 Å². The van der Waals surface area contributed by atoms with Crippen LogP contribution in [0, 0.1) is 13.8 Å². The molecule has 0 radical (unpaired) electrons. The van der Waals surface area contributed by atoms with Gasteiger partial charge in [-0.3, -0.25) is 0 Å². The number of rotatable bonds is 3. The van der Waals surface area contributed by atoms with Crippen LogP contribution >= 0.6 is 11.6 Å². The van der Waals surface area contributed by atoms with E-state index in [1.54, 1.807) is 0 Å². The number of hydrogen-bond acceptors (Lipinski definition) is 3. The summed E-state index contributed by atoms with van der Waals surface area (Å²) in [4.78, 5) is 3.88. The van der Waals surface area contributed by atoms with Crippen LogP contribution in [0.4, 0.5) is 0 Å². The van der Waals surface area contributed by atoms with Crippen LogP contribution in [-0.4, -0.2) is 13.4 Å². The molecule has 0 atom stereocenters. The molecular formula is C14H14ClNO2S. The van der Waals surface area contributed by atoms with Crippen LogP contribution < -0.4 is 0 Å². The highest BCUT2D eigenvalue weighted by Gasteiger charge is 2.18. The van der Waals surface area contributed by atoms with E-state index in [9.17, 15) is 8.42 Å². The van der Waals surface area contributed by atoms with Gasteiger partial charge in [-0.25, -0.2) is 13.4 Å². The average Bonchev–Trinajstić information content (AvgIpc) is 2.34. The SMILES string of the molecule is Cc1ccc(C)c(CS(=O)(=O)c2ccc(Cl)cn2)c1. The van der Waals surface area contributed by atoms with Gasteiger partial charge in [0.2, 0.25) is 0 Å². The van der Waals surface area contributed by atoms with Crippen LogP contribution in [0.3, 0.4) is 0 Å². The van der Waals surface area contributed by atoms with Crippen LogP contribution in [0.5, 0.6) is 0 Å². The summed E-state index contributed by atoms with van der Waals surface area (Å²) in [5.41, 5.74) is 2.81. The van der Waals surface area contributed by atoms with Crippen molar-refractivity contribution in [2.45, 2.75) is 24.6 Å². The summed E-state index contributed by atoms with van der Waals surface area (Å²) in [6, 6.07) is 8.75. The predicted octanol–water partition coefficient (Wildman–Crippen LogP) is 3.33. The maximum atomic E-state index is 12.3. The van der Waals surface area contributed by atoms with Crippen molar-refractivity contribution in [1.29, 1.82) is 0 Å². The molecule has 0 unspecified atom stereocenters. The first-order valence-corrected chi connectivity index (χ1v) is 7.82. The van der Waals surface area contributed by atoms with Gasteiger partial charge in [0.15, 0.2) is 14.9 Å². The first kappa shape index (κ1) is 14.0. The summed E-state index contributed by atoms with van der Waals surface area (Å²) in [5, 5.41) is 0.475. The maximum Gasteiger partial charge on any atom is 0.199 e. The molecule has 0 saturated carbocycles. The molecule has 5 heteroatoms. The zero-order valence-electron chi connectivity index (χ0n) is 10.7. The number of hydrogen-bond donors (Lipinski definition) is 0. The Labute approximate surface area is 118 Å². The van der Waals surface area contributed by atoms with E-state index < -0.39 is 9.84 Å². The molecule has 0 aliphatic carbocycles. The third kappa shape index (κ3) is 3.33. The Kier molecular flexibility index (Phi) is 3.92. The molecule has 0 aliphatic rings. The predicted molar refractivity (Wildman–Crippen MR) is 76.1 cm³/mol. The minimum Gasteiger partial charge on any atom is -0.243 e. The van der Waals surface area contributed by atoms with E-state index in [1.165, 1.54) is 18.3 Å². The van der Waals surface area contributed by atoms with E-state index in [-0.39, 0.29) is 10.8 Å². The topological polar surface area (TPSA) is 47.0 Å². The average molecular weight is 296 g/mol. The fourth-order valence-corrected chi connectivity index (χ4v) is 3.25. The molecule has 2 aromatic rings. The van der Waals surface area contributed by atoms with Crippen LogP contribution in [-0.2, 0) is 15.6 Å². The van der Waals surface area contributed by atoms with E-state index >= 15 is 0 Å². The second-order valence-electron chi connectivity index (χ2n) is 4.50. The smallest absolute Gasteiger partial charge is 0.199 e. The molecule has 0 amide bonds. The van der Waals surface area contributed by atoms with Crippen LogP contribution in [0.25, 0.3) is 0 Å². The lowest BCUT2D eigenvalue weighted by molar-refractivity contribution is 0.591. The van der Waals surface area contributed by atoms with E-state index in [0.717, 1.165) is 16.7 Å². The Hall–Kier alpha value is -1.39. The number of halogens is 1. The second-order valence-corrected chi connectivity index (χ2v) is 6.88. The standard InChI is InChI=1S/C14H14ClNO2S/c1-10-3-4-11(2)12(7-10)9-19(17,18)14-6-5-13(15)8-16-14/h3-8H,9H2,1-2H3. The van der Waals surface area contributed by atoms with E-state index in [1.807, 2.05) is 32.0 Å². The van der Waals surface area contributed by atoms with Crippen LogP contribution in [0.2, 0.25) is 5.02 Å². The van der Waals surface area contributed by atoms with Gasteiger partial charge in [-0.05, 0) is 37.1 Å². The Balaban J connectivity index is 2.36. The van der Waals surface area contributed by atoms with Gasteiger partial charge in [0, 0.05) is 6.20 Å². The van der Waals surface area contributed by atoms with Gasteiger partial charge < -0.3 is 0 Å². The minimum atomic E-state index is -3.44. The van der Waals surface area contributed by atoms with Gasteiger partial charge in [0.1, 0.15) is 0 Å². The molecule has 0 aliphatic heterocycles. The number of aromatic nitrogens is 1. The molecule has 0 N–H and O–H groups in total. The largest absolute Gasteiger partial charge is 0.243 e. The zero-order chi connectivity index (χ0) is 14.0. The summed E-state index contributed by atoms with van der Waals surface area (Å²) in [7, 11) is -3.44. The van der Waals surface area contributed by atoms with Crippen molar-refractivity contribution in [2.24, 2.45) is 0 Å². The molecule has 19 heavy (non-hydrogen) atoms. The lowest BCUT2D eigenvalue weighted by Gasteiger charge is -2.08. The molecule has 1 aromatic heterocycles. The highest BCUT2D eigenvalue weighted by molar-refractivity contribution is 7.90. The third-order valence-corrected chi connectivity index (χ3v) is 4.66. The molecule has 1 heterocycles. The van der Waals surface area contributed by atoms with Crippen molar-refractivity contribution < 1.29 is 8.42 Å². The van der Waals surface area contributed by atoms with Crippen molar-refractivity contribution in [1.82, 2.24) is 4.98 Å². The molecule has 0 fully saturated rings. The van der Waals surface area contributed by atoms with Crippen molar-refractivity contribution in [3.8, 4) is 0 Å². The molecule has 0 spiro atoms. The second kappa shape index (κ2) is 5.31. The number of nitrogens with zero attached hydrogens (tertiary/aromatic N) is 1. The Morgan fingerprint density at radius 1 is 1.16 bits per heavy atom. The summed E-state index contributed by atoms with van der Waals surface area (Å²) >= 11 is 5.71. The Morgan fingerprint density at radius 3 is 2.53 bits per heavy atom. The normalized spacial score (nSPS) is 11.5. The van der Waals surface area contributed by atoms with Crippen LogP contribution in [0.15, 0.2) is 41.6 Å². The lowest BCUT2D eigenvalue weighted by atomic mass is 10.1. The van der Waals surface area contributed by atoms with Gasteiger partial charge in [-0.1, -0.05) is 35.4 Å². The number of aryl methyl sites for hydroxylation is 2. The quantitative estimate of drug-likeness (QED) is 0.872. The van der Waals surface area contributed by atoms with Gasteiger partial charge in [-0.2, -0.15) is 0 Å². The Bertz CT molecular complexity index is 694. The first-order valence-electron chi connectivity index (χ1n) is 5.79. The van der Waals surface area contributed by atoms with Gasteiger partial charge in [0.05, 0.1) is 10.8 Å². The summed E-state index contributed by atoms with van der Waals surface area (Å²) in [6.45, 7) is 3.84. The van der Waals surface area contributed by atoms with Gasteiger partial charge in [-0.15, -0.1) is 0 Å². The summed E-state index contributed by atoms with van der Waals surface area (Å²) in [6.07, 6.45) is 1.34. The molecule has 1 aromatic carbocycles. The first-order chi connectivity index (χ1) is 8.88. The number of benzene rings is 1. The van der Waals surface area contributed by atoms with Crippen molar-refractivity contribution in [2.75, 3.05) is 0 Å². The monoisotopic (exact) mass is 295 g/mol. The lowest BCUT2D eigenvalue weighted by Crippen LogP contribution is -2.08. The fourth-order valence-electron chi connectivity index (χ4n) is 1.78. The van der Waals surface area contributed by atoms with Gasteiger partial charge >= 0.3 is 0 Å². The van der Waals surface area contributed by atoms with Crippen LogP contribution in [0.1, 0.15) is 16.7 Å². The fraction of sp³-hybridized carbons (Fsp3) is 0.214. The highest BCUT2D eigenvalue weighted by atomic mass is 35.5. The highest BCUT2D eigenvalue weighted by Crippen LogP contribution is 2.19. The number of sulfone groups is 1. The molecule has 2 rings (SSSR count). The summed E-state index contributed by atoms with van der Waals surface area (Å²) < 4.78 is 24.5. The third-order valence-electron chi connectivity index (χ3n) is 2.87.